The standard InChI is InChI=1S/C8H6O7S.3Na/c9-7(10)4-1-2-5(8(11)12)6(3-4)16(13,14)15;;;/h1-3H,(H,9,10)(H,11,12)(H,13,14,15);;;/q;3*+1/p-3. The zero-order chi connectivity index (χ0) is 12.5. The van der Waals surface area contributed by atoms with Crippen LogP contribution in [0, 0.1) is 0 Å². The summed E-state index contributed by atoms with van der Waals surface area (Å²) in [7, 11) is -5.10. The fourth-order valence-corrected chi connectivity index (χ4v) is 1.72. The second-order valence-electron chi connectivity index (χ2n) is 2.74. The van der Waals surface area contributed by atoms with E-state index >= 15 is 0 Å². The van der Waals surface area contributed by atoms with E-state index in [9.17, 15) is 32.8 Å². The first-order valence-corrected chi connectivity index (χ1v) is 5.17. The summed E-state index contributed by atoms with van der Waals surface area (Å²) in [5.74, 6) is -3.62. The van der Waals surface area contributed by atoms with Gasteiger partial charge in [-0.2, -0.15) is 0 Å². The number of hydrogen-bond donors (Lipinski definition) is 0. The van der Waals surface area contributed by atoms with E-state index in [1.807, 2.05) is 0 Å². The fraction of sp³-hybridized carbons (Fsp3) is 0. The van der Waals surface area contributed by atoms with Crippen LogP contribution in [-0.2, 0) is 10.1 Å². The molecule has 0 saturated carbocycles. The van der Waals surface area contributed by atoms with E-state index in [1.54, 1.807) is 0 Å². The largest absolute Gasteiger partial charge is 1.00 e. The fourth-order valence-electron chi connectivity index (χ4n) is 1.02. The van der Waals surface area contributed by atoms with Crippen LogP contribution >= 0.6 is 0 Å². The Hall–Kier alpha value is 1.07. The first-order valence-electron chi connectivity index (χ1n) is 3.76. The molecule has 11 heteroatoms. The van der Waals surface area contributed by atoms with Crippen molar-refractivity contribution in [3.63, 3.8) is 0 Å². The van der Waals surface area contributed by atoms with E-state index in [1.165, 1.54) is 0 Å². The van der Waals surface area contributed by atoms with E-state index in [4.69, 9.17) is 0 Å². The van der Waals surface area contributed by atoms with Crippen molar-refractivity contribution in [2.75, 3.05) is 0 Å². The molecule has 0 atom stereocenters. The Morgan fingerprint density at radius 3 is 1.74 bits per heavy atom. The molecule has 1 aromatic carbocycles. The average Bonchev–Trinajstić information content (AvgIpc) is 2.15. The maximum Gasteiger partial charge on any atom is 1.00 e. The molecule has 0 heterocycles. The second-order valence-corrected chi connectivity index (χ2v) is 4.09. The quantitative estimate of drug-likeness (QED) is 0.399. The van der Waals surface area contributed by atoms with Gasteiger partial charge in [-0.25, -0.2) is 8.42 Å². The first kappa shape index (κ1) is 25.0. The smallest absolute Gasteiger partial charge is 0.744 e. The van der Waals surface area contributed by atoms with E-state index in [0.29, 0.717) is 12.1 Å². The van der Waals surface area contributed by atoms with Gasteiger partial charge >= 0.3 is 88.7 Å². The molecule has 0 radical (unpaired) electrons. The van der Waals surface area contributed by atoms with Crippen molar-refractivity contribution in [2.45, 2.75) is 4.90 Å². The molecule has 86 valence electrons. The van der Waals surface area contributed by atoms with Gasteiger partial charge in [-0.15, -0.1) is 0 Å². The molecular formula is C8H3Na3O7S. The maximum absolute atomic E-state index is 10.7. The summed E-state index contributed by atoms with van der Waals surface area (Å²) in [4.78, 5) is 19.7. The number of aromatic carboxylic acids is 2. The number of benzene rings is 1. The third-order valence-corrected chi connectivity index (χ3v) is 2.58. The monoisotopic (exact) mass is 312 g/mol. The molecular weight excluding hydrogens is 309 g/mol. The zero-order valence-electron chi connectivity index (χ0n) is 10.5. The van der Waals surface area contributed by atoms with Crippen molar-refractivity contribution in [3.8, 4) is 0 Å². The molecule has 0 bridgehead atoms. The zero-order valence-corrected chi connectivity index (χ0v) is 17.3. The van der Waals surface area contributed by atoms with Crippen LogP contribution in [0.2, 0.25) is 0 Å². The summed E-state index contributed by atoms with van der Waals surface area (Å²) in [5, 5.41) is 20.9. The minimum absolute atomic E-state index is 0. The summed E-state index contributed by atoms with van der Waals surface area (Å²) >= 11 is 0. The predicted molar refractivity (Wildman–Crippen MR) is 43.1 cm³/mol. The SMILES string of the molecule is O=C([O-])c1ccc(C(=O)[O-])c(S(=O)(=O)[O-])c1.[Na+].[Na+].[Na+]. The Morgan fingerprint density at radius 1 is 0.947 bits per heavy atom. The van der Waals surface area contributed by atoms with Gasteiger partial charge in [-0.1, -0.05) is 12.1 Å². The van der Waals surface area contributed by atoms with Gasteiger partial charge in [0.1, 0.15) is 10.1 Å². The Balaban J connectivity index is -0.000000853. The third-order valence-electron chi connectivity index (χ3n) is 1.71. The molecule has 1 rings (SSSR count). The summed E-state index contributed by atoms with van der Waals surface area (Å²) in [5.41, 5.74) is -1.50. The molecule has 0 unspecified atom stereocenters. The van der Waals surface area contributed by atoms with Crippen LogP contribution in [0.4, 0.5) is 0 Å². The summed E-state index contributed by atoms with van der Waals surface area (Å²) in [6.45, 7) is 0. The van der Waals surface area contributed by atoms with Crippen LogP contribution < -0.4 is 98.9 Å². The van der Waals surface area contributed by atoms with Gasteiger partial charge < -0.3 is 24.4 Å². The molecule has 0 saturated heterocycles. The van der Waals surface area contributed by atoms with Crippen LogP contribution in [0.3, 0.4) is 0 Å². The van der Waals surface area contributed by atoms with Gasteiger partial charge in [0, 0.05) is 5.56 Å². The molecule has 0 aliphatic carbocycles. The number of carbonyl (C=O) groups is 2. The Kier molecular flexibility index (Phi) is 13.1. The predicted octanol–water partition coefficient (Wildman–Crippen LogP) is -11.7. The second kappa shape index (κ2) is 9.91. The first-order chi connectivity index (χ1) is 7.23. The van der Waals surface area contributed by atoms with E-state index in [2.05, 4.69) is 0 Å². The minimum atomic E-state index is -5.10. The van der Waals surface area contributed by atoms with Crippen molar-refractivity contribution in [1.82, 2.24) is 0 Å². The molecule has 0 aliphatic heterocycles. The molecule has 19 heavy (non-hydrogen) atoms. The molecule has 0 aliphatic rings. The average molecular weight is 312 g/mol. The van der Waals surface area contributed by atoms with Gasteiger partial charge in [0.2, 0.25) is 0 Å². The van der Waals surface area contributed by atoms with E-state index in [0.717, 1.165) is 6.07 Å². The molecule has 7 nitrogen and oxygen atoms in total. The maximum atomic E-state index is 10.7. The molecule has 0 spiro atoms. The Bertz CT molecular complexity index is 570. The van der Waals surface area contributed by atoms with Crippen molar-refractivity contribution >= 4 is 22.1 Å². The number of carboxylic acids is 2. The van der Waals surface area contributed by atoms with E-state index in [-0.39, 0.29) is 88.7 Å². The van der Waals surface area contributed by atoms with Gasteiger partial charge in [-0.3, -0.25) is 0 Å². The van der Waals surface area contributed by atoms with Crippen molar-refractivity contribution in [2.24, 2.45) is 0 Å². The molecule has 0 N–H and O–H groups in total. The number of carbonyl (C=O) groups excluding carboxylic acids is 2. The molecule has 0 amide bonds. The molecule has 0 aromatic heterocycles. The summed E-state index contributed by atoms with van der Waals surface area (Å²) in [6, 6.07) is 1.88. The number of rotatable bonds is 3. The van der Waals surface area contributed by atoms with Crippen molar-refractivity contribution < 1.29 is 121 Å². The van der Waals surface area contributed by atoms with Gasteiger partial charge in [0.05, 0.1) is 16.8 Å². The van der Waals surface area contributed by atoms with Crippen LogP contribution in [0.5, 0.6) is 0 Å². The van der Waals surface area contributed by atoms with Crippen molar-refractivity contribution in [1.29, 1.82) is 0 Å². The Labute approximate surface area is 175 Å². The normalized spacial score (nSPS) is 9.32. The topological polar surface area (TPSA) is 137 Å². The van der Waals surface area contributed by atoms with Gasteiger partial charge in [-0.05, 0) is 11.6 Å². The summed E-state index contributed by atoms with van der Waals surface area (Å²) < 4.78 is 32.0. The number of hydrogen-bond acceptors (Lipinski definition) is 7. The van der Waals surface area contributed by atoms with Crippen LogP contribution in [0.1, 0.15) is 20.7 Å². The van der Waals surface area contributed by atoms with Crippen LogP contribution in [0.15, 0.2) is 23.1 Å². The molecule has 1 aromatic rings. The minimum Gasteiger partial charge on any atom is -0.744 e. The summed E-state index contributed by atoms with van der Waals surface area (Å²) in [6.07, 6.45) is 0. The Morgan fingerprint density at radius 2 is 1.42 bits per heavy atom. The van der Waals surface area contributed by atoms with Gasteiger partial charge in [0.25, 0.3) is 0 Å². The number of carboxylic acid groups (broad SMARTS) is 2. The molecule has 0 fully saturated rings. The third kappa shape index (κ3) is 7.05. The van der Waals surface area contributed by atoms with Crippen LogP contribution in [0.25, 0.3) is 0 Å². The van der Waals surface area contributed by atoms with E-state index < -0.39 is 38.1 Å². The van der Waals surface area contributed by atoms with Crippen molar-refractivity contribution in [3.05, 3.63) is 29.3 Å². The van der Waals surface area contributed by atoms with Gasteiger partial charge in [0.15, 0.2) is 0 Å². The van der Waals surface area contributed by atoms with Crippen LogP contribution in [-0.4, -0.2) is 24.9 Å².